The summed E-state index contributed by atoms with van der Waals surface area (Å²) in [5, 5.41) is 6.40. The summed E-state index contributed by atoms with van der Waals surface area (Å²) >= 11 is 0. The van der Waals surface area contributed by atoms with Crippen LogP contribution in [0, 0.1) is 27.7 Å². The first-order valence-corrected chi connectivity index (χ1v) is 14.2. The molecule has 0 saturated heterocycles. The van der Waals surface area contributed by atoms with E-state index in [1.165, 1.54) is 0 Å². The van der Waals surface area contributed by atoms with Gasteiger partial charge in [0.2, 0.25) is 0 Å². The maximum atomic E-state index is 13.6. The van der Waals surface area contributed by atoms with Crippen molar-refractivity contribution in [1.29, 1.82) is 0 Å². The monoisotopic (exact) mass is 455 g/mol. The molecular weight excluding hydrogens is 415 g/mol. The standard InChI is InChI=1S/C27H39N2O2P/c1-8-13-23(27(31)29-26-21(6)16-12-17-22(26)7)32(9-2,10-3)18-24(30)28-25-19(4)14-11-15-20(25)5/h11-12,14-17,23H,8-10,13,18H2,1-7H3,(H-,28,29,30,31)/p+1. The van der Waals surface area contributed by atoms with Crippen LogP contribution in [-0.4, -0.2) is 36.0 Å². The zero-order valence-corrected chi connectivity index (χ0v) is 21.7. The van der Waals surface area contributed by atoms with Crippen molar-refractivity contribution in [2.45, 2.75) is 67.0 Å². The lowest BCUT2D eigenvalue weighted by Crippen LogP contribution is -2.36. The van der Waals surface area contributed by atoms with E-state index in [2.05, 4.69) is 31.4 Å². The van der Waals surface area contributed by atoms with Gasteiger partial charge >= 0.3 is 0 Å². The zero-order chi connectivity index (χ0) is 23.9. The second-order valence-corrected chi connectivity index (χ2v) is 13.5. The first kappa shape index (κ1) is 26.1. The molecule has 0 aromatic heterocycles. The third kappa shape index (κ3) is 5.98. The van der Waals surface area contributed by atoms with Crippen LogP contribution in [0.2, 0.25) is 0 Å². The molecule has 2 N–H and O–H groups in total. The summed E-state index contributed by atoms with van der Waals surface area (Å²) in [4.78, 5) is 26.8. The van der Waals surface area contributed by atoms with Gasteiger partial charge in [0.25, 0.3) is 11.8 Å². The van der Waals surface area contributed by atoms with E-state index in [9.17, 15) is 9.59 Å². The number of anilines is 2. The minimum atomic E-state index is -1.86. The number of carbonyl (C=O) groups excluding carboxylic acids is 2. The summed E-state index contributed by atoms with van der Waals surface area (Å²) in [6, 6.07) is 12.1. The fourth-order valence-corrected chi connectivity index (χ4v) is 8.64. The average Bonchev–Trinajstić information content (AvgIpc) is 2.76. The molecule has 32 heavy (non-hydrogen) atoms. The SMILES string of the molecule is CCCC(C(=O)Nc1c(C)cccc1C)[P+](CC)(CC)CC(=O)Nc1c(C)cccc1C. The second-order valence-electron chi connectivity index (χ2n) is 8.88. The Morgan fingerprint density at radius 1 is 0.781 bits per heavy atom. The van der Waals surface area contributed by atoms with Crippen LogP contribution < -0.4 is 10.6 Å². The molecule has 0 aliphatic heterocycles. The number of hydrogen-bond donors (Lipinski definition) is 2. The van der Waals surface area contributed by atoms with E-state index in [0.29, 0.717) is 6.16 Å². The van der Waals surface area contributed by atoms with Crippen LogP contribution in [0.3, 0.4) is 0 Å². The van der Waals surface area contributed by atoms with Gasteiger partial charge in [-0.25, -0.2) is 0 Å². The summed E-state index contributed by atoms with van der Waals surface area (Å²) in [5.74, 6) is 0.0987. The molecule has 0 bridgehead atoms. The Morgan fingerprint density at radius 3 is 1.62 bits per heavy atom. The largest absolute Gasteiger partial charge is 0.322 e. The summed E-state index contributed by atoms with van der Waals surface area (Å²) in [6.45, 7) is 14.5. The van der Waals surface area contributed by atoms with Gasteiger partial charge in [0, 0.05) is 18.6 Å². The molecule has 1 atom stereocenters. The second kappa shape index (κ2) is 11.6. The van der Waals surface area contributed by atoms with E-state index < -0.39 is 7.26 Å². The molecule has 2 aromatic carbocycles. The van der Waals surface area contributed by atoms with Crippen LogP contribution in [0.25, 0.3) is 0 Å². The molecule has 174 valence electrons. The molecule has 0 heterocycles. The fourth-order valence-electron chi connectivity index (χ4n) is 4.62. The summed E-state index contributed by atoms with van der Waals surface area (Å²) < 4.78 is 0. The normalized spacial score (nSPS) is 12.3. The maximum absolute atomic E-state index is 13.6. The van der Waals surface area contributed by atoms with Crippen LogP contribution in [0.5, 0.6) is 0 Å². The summed E-state index contributed by atoms with van der Waals surface area (Å²) in [6.07, 6.45) is 3.94. The summed E-state index contributed by atoms with van der Waals surface area (Å²) in [5.41, 5.74) is 5.95. The van der Waals surface area contributed by atoms with E-state index in [-0.39, 0.29) is 17.5 Å². The quantitative estimate of drug-likeness (QED) is 0.391. The number of amides is 2. The van der Waals surface area contributed by atoms with Gasteiger partial charge in [-0.05, 0) is 70.2 Å². The van der Waals surface area contributed by atoms with E-state index in [4.69, 9.17) is 0 Å². The maximum Gasteiger partial charge on any atom is 0.265 e. The molecule has 1 unspecified atom stereocenters. The van der Waals surface area contributed by atoms with Gasteiger partial charge in [-0.3, -0.25) is 9.59 Å². The third-order valence-corrected chi connectivity index (χ3v) is 12.0. The van der Waals surface area contributed by atoms with Crippen molar-refractivity contribution in [2.75, 3.05) is 29.1 Å². The molecule has 2 rings (SSSR count). The Morgan fingerprint density at radius 2 is 1.22 bits per heavy atom. The van der Waals surface area contributed by atoms with Crippen molar-refractivity contribution in [3.05, 3.63) is 58.7 Å². The molecule has 5 heteroatoms. The van der Waals surface area contributed by atoms with Crippen LogP contribution in [-0.2, 0) is 9.59 Å². The highest BCUT2D eigenvalue weighted by Gasteiger charge is 2.48. The molecule has 2 amide bonds. The number of rotatable bonds is 10. The fraction of sp³-hybridized carbons (Fsp3) is 0.481. The Hall–Kier alpha value is -2.19. The topological polar surface area (TPSA) is 58.2 Å². The van der Waals surface area contributed by atoms with Crippen molar-refractivity contribution in [3.63, 3.8) is 0 Å². The number of nitrogens with one attached hydrogen (secondary N) is 2. The molecule has 0 aliphatic rings. The van der Waals surface area contributed by atoms with E-state index >= 15 is 0 Å². The lowest BCUT2D eigenvalue weighted by Gasteiger charge is -2.32. The predicted octanol–water partition coefficient (Wildman–Crippen LogP) is 6.72. The average molecular weight is 456 g/mol. The number of aryl methyl sites for hydroxylation is 4. The van der Waals surface area contributed by atoms with Crippen LogP contribution in [0.15, 0.2) is 36.4 Å². The Labute approximate surface area is 194 Å². The first-order valence-electron chi connectivity index (χ1n) is 11.8. The lowest BCUT2D eigenvalue weighted by atomic mass is 10.1. The Kier molecular flexibility index (Phi) is 9.46. The zero-order valence-electron chi connectivity index (χ0n) is 20.8. The number of benzene rings is 2. The molecule has 0 fully saturated rings. The van der Waals surface area contributed by atoms with Crippen molar-refractivity contribution in [3.8, 4) is 0 Å². The number of para-hydroxylation sites is 2. The highest BCUT2D eigenvalue weighted by atomic mass is 31.2. The highest BCUT2D eigenvalue weighted by molar-refractivity contribution is 7.78. The van der Waals surface area contributed by atoms with Crippen molar-refractivity contribution in [2.24, 2.45) is 0 Å². The number of carbonyl (C=O) groups is 2. The predicted molar refractivity (Wildman–Crippen MR) is 141 cm³/mol. The van der Waals surface area contributed by atoms with Gasteiger partial charge in [-0.15, -0.1) is 0 Å². The summed E-state index contributed by atoms with van der Waals surface area (Å²) in [7, 11) is -1.86. The number of hydrogen-bond acceptors (Lipinski definition) is 2. The third-order valence-electron chi connectivity index (χ3n) is 6.72. The molecule has 0 spiro atoms. The van der Waals surface area contributed by atoms with Crippen LogP contribution in [0.4, 0.5) is 11.4 Å². The van der Waals surface area contributed by atoms with Crippen molar-refractivity contribution < 1.29 is 9.59 Å². The lowest BCUT2D eigenvalue weighted by molar-refractivity contribution is -0.116. The molecule has 0 aliphatic carbocycles. The smallest absolute Gasteiger partial charge is 0.265 e. The van der Waals surface area contributed by atoms with Gasteiger partial charge in [0.15, 0.2) is 0 Å². The van der Waals surface area contributed by atoms with Gasteiger partial charge in [0.05, 0.1) is 12.3 Å². The van der Waals surface area contributed by atoms with Crippen molar-refractivity contribution in [1.82, 2.24) is 0 Å². The van der Waals surface area contributed by atoms with Crippen LogP contribution in [0.1, 0.15) is 55.9 Å². The minimum Gasteiger partial charge on any atom is -0.322 e. The Bertz CT molecular complexity index is 910. The molecular formula is C27H40N2O2P+. The van der Waals surface area contributed by atoms with E-state index in [1.54, 1.807) is 0 Å². The van der Waals surface area contributed by atoms with Crippen molar-refractivity contribution >= 4 is 30.5 Å². The Balaban J connectivity index is 2.31. The van der Waals surface area contributed by atoms with Gasteiger partial charge in [0.1, 0.15) is 11.8 Å². The highest BCUT2D eigenvalue weighted by Crippen LogP contribution is 2.63. The van der Waals surface area contributed by atoms with Gasteiger partial charge < -0.3 is 10.6 Å². The van der Waals surface area contributed by atoms with E-state index in [1.807, 2.05) is 64.1 Å². The first-order chi connectivity index (χ1) is 15.2. The van der Waals surface area contributed by atoms with Crippen LogP contribution >= 0.6 is 7.26 Å². The molecule has 2 aromatic rings. The van der Waals surface area contributed by atoms with E-state index in [0.717, 1.165) is 58.8 Å². The molecule has 0 saturated carbocycles. The molecule has 0 radical (unpaired) electrons. The van der Waals surface area contributed by atoms with Gasteiger partial charge in [-0.2, -0.15) is 0 Å². The minimum absolute atomic E-state index is 0.0282. The van der Waals surface area contributed by atoms with Gasteiger partial charge in [-0.1, -0.05) is 49.7 Å². The molecule has 4 nitrogen and oxygen atoms in total.